The van der Waals surface area contributed by atoms with Crippen molar-refractivity contribution >= 4 is 34.9 Å². The van der Waals surface area contributed by atoms with Gasteiger partial charge in [-0.1, -0.05) is 40.3 Å². The molecule has 0 bridgehead atoms. The van der Waals surface area contributed by atoms with E-state index in [1.165, 1.54) is 18.9 Å². The molecule has 4 nitrogen and oxygen atoms in total. The van der Waals surface area contributed by atoms with Gasteiger partial charge in [-0.2, -0.15) is 17.0 Å². The summed E-state index contributed by atoms with van der Waals surface area (Å²) in [5.41, 5.74) is 0.611. The van der Waals surface area contributed by atoms with Gasteiger partial charge in [-0.25, -0.2) is 4.79 Å². The molecule has 1 rings (SSSR count). The van der Waals surface area contributed by atoms with Crippen molar-refractivity contribution < 1.29 is 39.1 Å². The summed E-state index contributed by atoms with van der Waals surface area (Å²) < 4.78 is 4.54. The van der Waals surface area contributed by atoms with Crippen molar-refractivity contribution in [3.8, 4) is 6.07 Å². The fourth-order valence-corrected chi connectivity index (χ4v) is 2.02. The molecule has 0 atom stereocenters. The molecule has 98 valence electrons. The van der Waals surface area contributed by atoms with Crippen LogP contribution in [-0.2, 0) is 9.53 Å². The van der Waals surface area contributed by atoms with E-state index >= 15 is 0 Å². The Balaban J connectivity index is 0.00000361. The molecule has 0 aliphatic heterocycles. The van der Waals surface area contributed by atoms with Gasteiger partial charge in [0.1, 0.15) is 11.6 Å². The molecule has 20 heavy (non-hydrogen) atoms. The van der Waals surface area contributed by atoms with Crippen LogP contribution in [0.15, 0.2) is 40.9 Å². The van der Waals surface area contributed by atoms with Gasteiger partial charge in [-0.3, -0.25) is 0 Å². The summed E-state index contributed by atoms with van der Waals surface area (Å²) >= 11 is 6.35. The number of nitriles is 1. The third-order valence-electron chi connectivity index (χ3n) is 2.13. The van der Waals surface area contributed by atoms with E-state index in [-0.39, 0.29) is 40.2 Å². The molecule has 0 spiro atoms. The van der Waals surface area contributed by atoms with Crippen molar-refractivity contribution in [2.75, 3.05) is 13.4 Å². The molecule has 0 aliphatic carbocycles. The summed E-state index contributed by atoms with van der Waals surface area (Å²) in [6.07, 6.45) is 1.72. The van der Waals surface area contributed by atoms with Crippen LogP contribution in [0, 0.1) is 11.3 Å². The van der Waals surface area contributed by atoms with E-state index in [2.05, 4.69) is 10.1 Å². The number of rotatable bonds is 4. The monoisotopic (exact) mass is 314 g/mol. The summed E-state index contributed by atoms with van der Waals surface area (Å²) in [7, 11) is 1.22. The van der Waals surface area contributed by atoms with Gasteiger partial charge in [0, 0.05) is 0 Å². The molecule has 0 N–H and O–H groups in total. The smallest absolute Gasteiger partial charge is 0.641 e. The second-order valence-corrected chi connectivity index (χ2v) is 4.45. The summed E-state index contributed by atoms with van der Waals surface area (Å²) in [5.74, 6) is -0.716. The van der Waals surface area contributed by atoms with Crippen molar-refractivity contribution in [3.05, 3.63) is 51.8 Å². The summed E-state index contributed by atoms with van der Waals surface area (Å²) in [6, 6.07) is 11.0. The first-order chi connectivity index (χ1) is 9.13. The maximum Gasteiger partial charge on any atom is 1.00 e. The summed E-state index contributed by atoms with van der Waals surface area (Å²) in [4.78, 5) is 11.8. The Morgan fingerprint density at radius 3 is 2.45 bits per heavy atom. The van der Waals surface area contributed by atoms with Crippen LogP contribution < -0.4 is 29.6 Å². The number of thioether (sulfide) groups is 1. The first-order valence-electron chi connectivity index (χ1n) is 5.21. The number of nitrogens with zero attached hydrogens (tertiary/aromatic N) is 2. The summed E-state index contributed by atoms with van der Waals surface area (Å²) in [5, 5.41) is 13.4. The molecule has 1 aromatic carbocycles. The van der Waals surface area contributed by atoms with Crippen molar-refractivity contribution in [1.82, 2.24) is 0 Å². The SMILES string of the molecule is COC(=O)/C(C#N)=C(/[N-]C(=S)c1ccccc1)SC.[Na+]. The van der Waals surface area contributed by atoms with Crippen molar-refractivity contribution in [2.45, 2.75) is 0 Å². The number of ether oxygens (including phenoxy) is 1. The second-order valence-electron chi connectivity index (χ2n) is 3.27. The molecule has 7 heteroatoms. The largest absolute Gasteiger partial charge is 1.00 e. The van der Waals surface area contributed by atoms with Gasteiger partial charge >= 0.3 is 35.5 Å². The third-order valence-corrected chi connectivity index (χ3v) is 3.14. The van der Waals surface area contributed by atoms with Crippen LogP contribution in [0.3, 0.4) is 0 Å². The molecule has 0 radical (unpaired) electrons. The van der Waals surface area contributed by atoms with Crippen LogP contribution in [-0.4, -0.2) is 24.3 Å². The first-order valence-corrected chi connectivity index (χ1v) is 6.85. The zero-order valence-electron chi connectivity index (χ0n) is 11.4. The maximum atomic E-state index is 11.4. The Bertz CT molecular complexity index is 553. The Kier molecular flexibility index (Phi) is 9.55. The molecular weight excluding hydrogens is 303 g/mol. The normalized spacial score (nSPS) is 10.4. The maximum absolute atomic E-state index is 11.4. The predicted molar refractivity (Wildman–Crippen MR) is 79.7 cm³/mol. The topological polar surface area (TPSA) is 64.2 Å². The number of thiocarbonyl (C=S) groups is 1. The van der Waals surface area contributed by atoms with Crippen LogP contribution in [0.2, 0.25) is 0 Å². The number of benzene rings is 1. The van der Waals surface area contributed by atoms with Crippen LogP contribution in [0.25, 0.3) is 5.32 Å². The van der Waals surface area contributed by atoms with Gasteiger partial charge in [0.15, 0.2) is 0 Å². The fraction of sp³-hybridized carbons (Fsp3) is 0.154. The molecule has 0 fully saturated rings. The Labute approximate surface area is 149 Å². The van der Waals surface area contributed by atoms with Gasteiger partial charge in [-0.15, -0.1) is 12.2 Å². The Hall–Kier alpha value is -0.840. The average Bonchev–Trinajstić information content (AvgIpc) is 2.47. The van der Waals surface area contributed by atoms with Crippen LogP contribution in [0.1, 0.15) is 5.56 Å². The van der Waals surface area contributed by atoms with Crippen molar-refractivity contribution in [2.24, 2.45) is 0 Å². The molecule has 0 saturated heterocycles. The van der Waals surface area contributed by atoms with Crippen molar-refractivity contribution in [1.29, 1.82) is 5.26 Å². The molecule has 0 aromatic heterocycles. The van der Waals surface area contributed by atoms with E-state index in [0.29, 0.717) is 4.99 Å². The van der Waals surface area contributed by atoms with Crippen LogP contribution >= 0.6 is 24.0 Å². The van der Waals surface area contributed by atoms with E-state index in [4.69, 9.17) is 17.5 Å². The first kappa shape index (κ1) is 19.2. The molecule has 0 aliphatic rings. The van der Waals surface area contributed by atoms with Crippen molar-refractivity contribution in [3.63, 3.8) is 0 Å². The minimum atomic E-state index is -0.716. The molecule has 0 unspecified atom stereocenters. The standard InChI is InChI=1S/C13H12N2O2S2.Na/c1-17-13(16)10(8-14)12(19-2)15-11(18)9-6-4-3-5-7-9;/h3-7H,1-2H3,(H,15,16,18);/q;+1/p-1. The zero-order valence-corrected chi connectivity index (χ0v) is 15.0. The van der Waals surface area contributed by atoms with Gasteiger partial charge < -0.3 is 10.1 Å². The summed E-state index contributed by atoms with van der Waals surface area (Å²) in [6.45, 7) is 0. The Morgan fingerprint density at radius 1 is 1.40 bits per heavy atom. The number of carbonyl (C=O) groups is 1. The minimum absolute atomic E-state index is 0. The van der Waals surface area contributed by atoms with Gasteiger partial charge in [0.25, 0.3) is 0 Å². The molecular formula is C13H11N2NaO2S2. The van der Waals surface area contributed by atoms with E-state index in [1.54, 1.807) is 12.3 Å². The number of carbonyl (C=O) groups excluding carboxylic acids is 1. The molecule has 0 amide bonds. The number of hydrogen-bond acceptors (Lipinski definition) is 5. The van der Waals surface area contributed by atoms with Crippen LogP contribution in [0.4, 0.5) is 0 Å². The van der Waals surface area contributed by atoms with Gasteiger partial charge in [0.05, 0.1) is 7.11 Å². The number of esters is 1. The van der Waals surface area contributed by atoms with E-state index < -0.39 is 5.97 Å². The molecule has 0 heterocycles. The predicted octanol–water partition coefficient (Wildman–Crippen LogP) is 0.0110. The number of methoxy groups -OCH3 is 1. The van der Waals surface area contributed by atoms with E-state index in [1.807, 2.05) is 30.3 Å². The second kappa shape index (κ2) is 9.97. The fourth-order valence-electron chi connectivity index (χ4n) is 1.22. The van der Waals surface area contributed by atoms with Gasteiger partial charge in [0.2, 0.25) is 0 Å². The quantitative estimate of drug-likeness (QED) is 0.258. The van der Waals surface area contributed by atoms with E-state index in [0.717, 1.165) is 5.56 Å². The van der Waals surface area contributed by atoms with Gasteiger partial charge in [-0.05, 0) is 11.8 Å². The minimum Gasteiger partial charge on any atom is -0.641 e. The Morgan fingerprint density at radius 2 is 2.00 bits per heavy atom. The number of hydrogen-bond donors (Lipinski definition) is 0. The average molecular weight is 314 g/mol. The molecule has 1 aromatic rings. The van der Waals surface area contributed by atoms with Crippen LogP contribution in [0.5, 0.6) is 0 Å². The van der Waals surface area contributed by atoms with E-state index in [9.17, 15) is 4.79 Å². The third kappa shape index (κ3) is 5.27. The molecule has 0 saturated carbocycles. The zero-order chi connectivity index (χ0) is 14.3.